The second kappa shape index (κ2) is 8.89. The Balaban J connectivity index is 0.00000243. The maximum absolute atomic E-state index is 13.0. The fourth-order valence-corrected chi connectivity index (χ4v) is 3.60. The van der Waals surface area contributed by atoms with Gasteiger partial charge in [0.15, 0.2) is 0 Å². The summed E-state index contributed by atoms with van der Waals surface area (Å²) in [6.45, 7) is 6.10. The van der Waals surface area contributed by atoms with Crippen molar-refractivity contribution in [2.45, 2.75) is 39.3 Å². The van der Waals surface area contributed by atoms with E-state index in [2.05, 4.69) is 10.4 Å². The normalized spacial score (nSPS) is 17.1. The van der Waals surface area contributed by atoms with Gasteiger partial charge in [-0.1, -0.05) is 23.7 Å². The number of aromatic nitrogens is 2. The van der Waals surface area contributed by atoms with Crippen LogP contribution in [0.25, 0.3) is 0 Å². The minimum absolute atomic E-state index is 0. The van der Waals surface area contributed by atoms with E-state index in [1.165, 1.54) is 0 Å². The van der Waals surface area contributed by atoms with Gasteiger partial charge in [0.2, 0.25) is 0 Å². The average Bonchev–Trinajstić information content (AvgIpc) is 2.90. The first-order valence-corrected chi connectivity index (χ1v) is 9.12. The molecule has 0 aliphatic carbocycles. The van der Waals surface area contributed by atoms with E-state index in [9.17, 15) is 4.79 Å². The molecule has 1 N–H and O–H groups in total. The van der Waals surface area contributed by atoms with Gasteiger partial charge in [-0.15, -0.1) is 12.4 Å². The molecule has 1 atom stereocenters. The Kier molecular flexibility index (Phi) is 7.09. The minimum atomic E-state index is 0. The van der Waals surface area contributed by atoms with Gasteiger partial charge in [0.25, 0.3) is 5.91 Å². The van der Waals surface area contributed by atoms with E-state index in [4.69, 9.17) is 11.6 Å². The van der Waals surface area contributed by atoms with E-state index in [-0.39, 0.29) is 18.3 Å². The van der Waals surface area contributed by atoms with Crippen LogP contribution < -0.4 is 5.32 Å². The third-order valence-corrected chi connectivity index (χ3v) is 5.21. The number of benzene rings is 1. The molecule has 2 heterocycles. The van der Waals surface area contributed by atoms with Crippen molar-refractivity contribution in [1.29, 1.82) is 0 Å². The van der Waals surface area contributed by atoms with Crippen molar-refractivity contribution in [3.8, 4) is 0 Å². The first kappa shape index (κ1) is 20.7. The number of hydrogen-bond acceptors (Lipinski definition) is 3. The van der Waals surface area contributed by atoms with Crippen molar-refractivity contribution in [1.82, 2.24) is 20.0 Å². The van der Waals surface area contributed by atoms with Crippen LogP contribution in [0.5, 0.6) is 0 Å². The van der Waals surface area contributed by atoms with E-state index >= 15 is 0 Å². The minimum Gasteiger partial charge on any atom is -0.337 e. The van der Waals surface area contributed by atoms with E-state index in [0.29, 0.717) is 12.6 Å². The number of carbonyl (C=O) groups is 1. The molecular weight excluding hydrogens is 371 g/mol. The zero-order valence-electron chi connectivity index (χ0n) is 15.5. The molecule has 26 heavy (non-hydrogen) atoms. The van der Waals surface area contributed by atoms with Gasteiger partial charge in [-0.25, -0.2) is 0 Å². The molecule has 5 nitrogen and oxygen atoms in total. The summed E-state index contributed by atoms with van der Waals surface area (Å²) in [4.78, 5) is 15.0. The average molecular weight is 397 g/mol. The monoisotopic (exact) mass is 396 g/mol. The number of likely N-dealkylation sites (N-methyl/N-ethyl adjacent to an activating group) is 1. The number of hydrogen-bond donors (Lipinski definition) is 1. The van der Waals surface area contributed by atoms with Crippen LogP contribution in [0.1, 0.15) is 40.2 Å². The number of amides is 1. The number of aryl methyl sites for hydroxylation is 1. The number of rotatable bonds is 4. The second-order valence-corrected chi connectivity index (χ2v) is 7.15. The number of carbonyl (C=O) groups excluding carboxylic acids is 1. The molecule has 0 bridgehead atoms. The van der Waals surface area contributed by atoms with Crippen molar-refractivity contribution >= 4 is 29.9 Å². The third-order valence-electron chi connectivity index (χ3n) is 4.96. The van der Waals surface area contributed by atoms with Gasteiger partial charge in [0.05, 0.1) is 17.8 Å². The predicted octanol–water partition coefficient (Wildman–Crippen LogP) is 3.45. The Morgan fingerprint density at radius 3 is 2.65 bits per heavy atom. The van der Waals surface area contributed by atoms with Gasteiger partial charge in [-0.2, -0.15) is 5.10 Å². The summed E-state index contributed by atoms with van der Waals surface area (Å²) < 4.78 is 1.91. The molecule has 0 radical (unpaired) electrons. The molecule has 3 rings (SSSR count). The van der Waals surface area contributed by atoms with E-state index in [0.717, 1.165) is 53.5 Å². The summed E-state index contributed by atoms with van der Waals surface area (Å²) in [5.74, 6) is 0.0947. The van der Waals surface area contributed by atoms with E-state index in [1.807, 2.05) is 54.7 Å². The lowest BCUT2D eigenvalue weighted by atomic mass is 10.0. The number of halogens is 2. The van der Waals surface area contributed by atoms with Crippen LogP contribution in [-0.2, 0) is 6.54 Å². The Hall–Kier alpha value is -1.56. The largest absolute Gasteiger partial charge is 0.337 e. The summed E-state index contributed by atoms with van der Waals surface area (Å²) in [5, 5.41) is 8.61. The Morgan fingerprint density at radius 2 is 2.00 bits per heavy atom. The number of piperidine rings is 1. The molecule has 0 saturated carbocycles. The van der Waals surface area contributed by atoms with Crippen molar-refractivity contribution in [2.75, 3.05) is 20.1 Å². The number of nitrogens with zero attached hydrogens (tertiary/aromatic N) is 3. The lowest BCUT2D eigenvalue weighted by Crippen LogP contribution is -2.47. The van der Waals surface area contributed by atoms with Gasteiger partial charge in [0, 0.05) is 29.8 Å². The molecule has 7 heteroatoms. The third kappa shape index (κ3) is 4.40. The molecule has 1 aromatic carbocycles. The van der Waals surface area contributed by atoms with Crippen LogP contribution in [0.2, 0.25) is 5.02 Å². The summed E-state index contributed by atoms with van der Waals surface area (Å²) in [7, 11) is 1.96. The van der Waals surface area contributed by atoms with Gasteiger partial charge in [-0.3, -0.25) is 9.48 Å². The summed E-state index contributed by atoms with van der Waals surface area (Å²) in [6, 6.07) is 8.10. The van der Waals surface area contributed by atoms with Crippen LogP contribution in [0, 0.1) is 13.8 Å². The zero-order valence-corrected chi connectivity index (χ0v) is 17.0. The van der Waals surface area contributed by atoms with Crippen LogP contribution in [0.15, 0.2) is 24.3 Å². The summed E-state index contributed by atoms with van der Waals surface area (Å²) in [5.41, 5.74) is 3.57. The van der Waals surface area contributed by atoms with Crippen LogP contribution in [-0.4, -0.2) is 46.8 Å². The predicted molar refractivity (Wildman–Crippen MR) is 107 cm³/mol. The van der Waals surface area contributed by atoms with Gasteiger partial charge < -0.3 is 10.2 Å². The highest BCUT2D eigenvalue weighted by molar-refractivity contribution is 6.30. The molecule has 142 valence electrons. The fraction of sp³-hybridized carbons (Fsp3) is 0.474. The maximum atomic E-state index is 13.0. The molecule has 1 unspecified atom stereocenters. The van der Waals surface area contributed by atoms with Crippen LogP contribution in [0.4, 0.5) is 0 Å². The van der Waals surface area contributed by atoms with E-state index in [1.54, 1.807) is 0 Å². The number of nitrogens with one attached hydrogen (secondary N) is 1. The first-order valence-electron chi connectivity index (χ1n) is 8.74. The molecule has 1 amide bonds. The lowest BCUT2D eigenvalue weighted by molar-refractivity contribution is 0.0696. The van der Waals surface area contributed by atoms with Crippen LogP contribution >= 0.6 is 24.0 Å². The lowest BCUT2D eigenvalue weighted by Gasteiger charge is -2.32. The first-order chi connectivity index (χ1) is 12.0. The topological polar surface area (TPSA) is 50.2 Å². The highest BCUT2D eigenvalue weighted by atomic mass is 35.5. The molecule has 1 aliphatic heterocycles. The smallest absolute Gasteiger partial charge is 0.257 e. The molecular formula is C19H26Cl2N4O. The summed E-state index contributed by atoms with van der Waals surface area (Å²) in [6.07, 6.45) is 2.16. The second-order valence-electron chi connectivity index (χ2n) is 6.71. The zero-order chi connectivity index (χ0) is 18.0. The van der Waals surface area contributed by atoms with Crippen molar-refractivity contribution in [2.24, 2.45) is 0 Å². The quantitative estimate of drug-likeness (QED) is 0.860. The molecule has 1 aliphatic rings. The van der Waals surface area contributed by atoms with Gasteiger partial charge in [0.1, 0.15) is 0 Å². The van der Waals surface area contributed by atoms with Crippen LogP contribution in [0.3, 0.4) is 0 Å². The SMILES string of the molecule is CNC1CCCN(C(=O)c2c(C)nn(Cc3ccc(Cl)cc3)c2C)C1.Cl. The van der Waals surface area contributed by atoms with Crippen molar-refractivity contribution < 1.29 is 4.79 Å². The van der Waals surface area contributed by atoms with Gasteiger partial charge >= 0.3 is 0 Å². The Morgan fingerprint density at radius 1 is 1.31 bits per heavy atom. The highest BCUT2D eigenvalue weighted by Gasteiger charge is 2.27. The molecule has 2 aromatic rings. The molecule has 1 fully saturated rings. The van der Waals surface area contributed by atoms with E-state index < -0.39 is 0 Å². The standard InChI is InChI=1S/C19H25ClN4O.ClH/c1-13-18(19(25)23-10-4-5-17(12-23)21-3)14(2)24(22-13)11-15-6-8-16(20)9-7-15;/h6-9,17,21H,4-5,10-12H2,1-3H3;1H. The highest BCUT2D eigenvalue weighted by Crippen LogP contribution is 2.20. The van der Waals surface area contributed by atoms with Crippen molar-refractivity contribution in [3.05, 3.63) is 51.8 Å². The Labute approximate surface area is 166 Å². The molecule has 1 saturated heterocycles. The van der Waals surface area contributed by atoms with Gasteiger partial charge in [-0.05, 0) is 51.4 Å². The number of likely N-dealkylation sites (tertiary alicyclic amines) is 1. The Bertz CT molecular complexity index is 758. The molecule has 1 aromatic heterocycles. The molecule has 0 spiro atoms. The fourth-order valence-electron chi connectivity index (χ4n) is 3.48. The van der Waals surface area contributed by atoms with Crippen molar-refractivity contribution in [3.63, 3.8) is 0 Å². The maximum Gasteiger partial charge on any atom is 0.257 e. The summed E-state index contributed by atoms with van der Waals surface area (Å²) >= 11 is 5.95.